The molecule has 0 saturated carbocycles. The molecule has 1 saturated heterocycles. The molecule has 1 nitrogen and oxygen atoms in total. The molecule has 0 aliphatic carbocycles. The molecular formula is C7H12O. The Labute approximate surface area is 50.3 Å². The van der Waals surface area contributed by atoms with Crippen LogP contribution in [0.25, 0.3) is 0 Å². The molecule has 0 unspecified atom stereocenters. The first-order valence-corrected chi connectivity index (χ1v) is 3.18. The van der Waals surface area contributed by atoms with Crippen LogP contribution in [0.3, 0.4) is 0 Å². The van der Waals surface area contributed by atoms with E-state index in [1.807, 2.05) is 0 Å². The summed E-state index contributed by atoms with van der Waals surface area (Å²) in [5.74, 6) is 0.731. The van der Waals surface area contributed by atoms with E-state index in [9.17, 15) is 0 Å². The third-order valence-corrected chi connectivity index (χ3v) is 1.31. The minimum atomic E-state index is 0.731. The van der Waals surface area contributed by atoms with Gasteiger partial charge in [0.05, 0.1) is 13.2 Å². The minimum absolute atomic E-state index is 0.731. The van der Waals surface area contributed by atoms with Crippen LogP contribution in [-0.4, -0.2) is 13.2 Å². The Morgan fingerprint density at radius 2 is 2.38 bits per heavy atom. The Hall–Kier alpha value is -0.300. The third-order valence-electron chi connectivity index (χ3n) is 1.31. The van der Waals surface area contributed by atoms with Gasteiger partial charge in [0.25, 0.3) is 0 Å². The number of ether oxygens (including phenoxy) is 1. The summed E-state index contributed by atoms with van der Waals surface area (Å²) >= 11 is 0. The van der Waals surface area contributed by atoms with E-state index < -0.39 is 0 Å². The van der Waals surface area contributed by atoms with Gasteiger partial charge >= 0.3 is 0 Å². The minimum Gasteiger partial charge on any atom is -0.380 e. The lowest BCUT2D eigenvalue weighted by molar-refractivity contribution is -0.00776. The molecule has 8 heavy (non-hydrogen) atoms. The molecule has 0 N–H and O–H groups in total. The van der Waals surface area contributed by atoms with Crippen LogP contribution in [0.2, 0.25) is 0 Å². The smallest absolute Gasteiger partial charge is 0.0551 e. The van der Waals surface area contributed by atoms with Crippen molar-refractivity contribution in [1.82, 2.24) is 0 Å². The summed E-state index contributed by atoms with van der Waals surface area (Å²) in [7, 11) is 0. The summed E-state index contributed by atoms with van der Waals surface area (Å²) in [6.07, 6.45) is 5.59. The van der Waals surface area contributed by atoms with Gasteiger partial charge in [-0.15, -0.1) is 0 Å². The van der Waals surface area contributed by atoms with Crippen molar-refractivity contribution in [3.8, 4) is 0 Å². The van der Waals surface area contributed by atoms with Gasteiger partial charge in [-0.25, -0.2) is 0 Å². The van der Waals surface area contributed by atoms with Gasteiger partial charge in [-0.1, -0.05) is 19.1 Å². The highest BCUT2D eigenvalue weighted by Crippen LogP contribution is 2.10. The SMILES string of the molecule is CCC=CC1COC1. The van der Waals surface area contributed by atoms with E-state index in [4.69, 9.17) is 4.74 Å². The van der Waals surface area contributed by atoms with Crippen molar-refractivity contribution in [2.45, 2.75) is 13.3 Å². The molecule has 0 radical (unpaired) electrons. The molecular weight excluding hydrogens is 100 g/mol. The number of allylic oxidation sites excluding steroid dienone is 1. The van der Waals surface area contributed by atoms with Crippen molar-refractivity contribution in [2.75, 3.05) is 13.2 Å². The Balaban J connectivity index is 2.08. The Morgan fingerprint density at radius 3 is 2.75 bits per heavy atom. The Bertz CT molecular complexity index is 82.4. The highest BCUT2D eigenvalue weighted by atomic mass is 16.5. The first-order valence-electron chi connectivity index (χ1n) is 3.18. The maximum Gasteiger partial charge on any atom is 0.0551 e. The predicted molar refractivity (Wildman–Crippen MR) is 33.7 cm³/mol. The van der Waals surface area contributed by atoms with Gasteiger partial charge in [0.2, 0.25) is 0 Å². The van der Waals surface area contributed by atoms with E-state index in [0.29, 0.717) is 0 Å². The summed E-state index contributed by atoms with van der Waals surface area (Å²) in [6.45, 7) is 4.03. The summed E-state index contributed by atoms with van der Waals surface area (Å²) in [5.41, 5.74) is 0. The molecule has 1 rings (SSSR count). The quantitative estimate of drug-likeness (QED) is 0.493. The van der Waals surface area contributed by atoms with Crippen LogP contribution in [0.1, 0.15) is 13.3 Å². The van der Waals surface area contributed by atoms with Crippen molar-refractivity contribution in [3.63, 3.8) is 0 Å². The fraction of sp³-hybridized carbons (Fsp3) is 0.714. The maximum absolute atomic E-state index is 4.98. The highest BCUT2D eigenvalue weighted by Gasteiger charge is 2.13. The summed E-state index contributed by atoms with van der Waals surface area (Å²) in [5, 5.41) is 0. The van der Waals surface area contributed by atoms with E-state index in [0.717, 1.165) is 25.6 Å². The van der Waals surface area contributed by atoms with Crippen LogP contribution < -0.4 is 0 Å². The number of hydrogen-bond acceptors (Lipinski definition) is 1. The lowest BCUT2D eigenvalue weighted by atomic mass is 10.1. The van der Waals surface area contributed by atoms with Gasteiger partial charge < -0.3 is 4.74 Å². The molecule has 1 heterocycles. The van der Waals surface area contributed by atoms with Gasteiger partial charge in [0.15, 0.2) is 0 Å². The summed E-state index contributed by atoms with van der Waals surface area (Å²) in [4.78, 5) is 0. The van der Waals surface area contributed by atoms with Gasteiger partial charge in [0.1, 0.15) is 0 Å². The average Bonchev–Trinajstić information content (AvgIpc) is 1.63. The first-order chi connectivity index (χ1) is 3.93. The molecule has 1 aliphatic heterocycles. The van der Waals surface area contributed by atoms with Gasteiger partial charge in [0, 0.05) is 5.92 Å². The fourth-order valence-corrected chi connectivity index (χ4v) is 0.694. The molecule has 0 aromatic rings. The zero-order valence-corrected chi connectivity index (χ0v) is 5.26. The average molecular weight is 112 g/mol. The summed E-state index contributed by atoms with van der Waals surface area (Å²) in [6, 6.07) is 0. The standard InChI is InChI=1S/C7H12O/c1-2-3-4-7-5-8-6-7/h3-4,7H,2,5-6H2,1H3. The fourth-order valence-electron chi connectivity index (χ4n) is 0.694. The number of rotatable bonds is 2. The Morgan fingerprint density at radius 1 is 1.62 bits per heavy atom. The topological polar surface area (TPSA) is 9.23 Å². The molecule has 1 fully saturated rings. The van der Waals surface area contributed by atoms with Crippen molar-refractivity contribution >= 4 is 0 Å². The first kappa shape index (κ1) is 5.83. The number of hydrogen-bond donors (Lipinski definition) is 0. The molecule has 46 valence electrons. The zero-order chi connectivity index (χ0) is 5.82. The lowest BCUT2D eigenvalue weighted by Gasteiger charge is -2.22. The van der Waals surface area contributed by atoms with Crippen LogP contribution >= 0.6 is 0 Å². The van der Waals surface area contributed by atoms with Gasteiger partial charge in [-0.3, -0.25) is 0 Å². The van der Waals surface area contributed by atoms with Crippen LogP contribution in [0.4, 0.5) is 0 Å². The third kappa shape index (κ3) is 1.34. The van der Waals surface area contributed by atoms with Crippen molar-refractivity contribution in [2.24, 2.45) is 5.92 Å². The molecule has 0 aromatic heterocycles. The van der Waals surface area contributed by atoms with Crippen LogP contribution in [-0.2, 0) is 4.74 Å². The van der Waals surface area contributed by atoms with E-state index >= 15 is 0 Å². The highest BCUT2D eigenvalue weighted by molar-refractivity contribution is 4.90. The van der Waals surface area contributed by atoms with Crippen molar-refractivity contribution in [3.05, 3.63) is 12.2 Å². The molecule has 0 aromatic carbocycles. The zero-order valence-electron chi connectivity index (χ0n) is 5.26. The second-order valence-corrected chi connectivity index (χ2v) is 2.13. The molecule has 0 bridgehead atoms. The maximum atomic E-state index is 4.98. The van der Waals surface area contributed by atoms with Crippen LogP contribution in [0, 0.1) is 5.92 Å². The van der Waals surface area contributed by atoms with Crippen LogP contribution in [0.5, 0.6) is 0 Å². The van der Waals surface area contributed by atoms with Crippen molar-refractivity contribution in [1.29, 1.82) is 0 Å². The summed E-state index contributed by atoms with van der Waals surface area (Å²) < 4.78 is 4.98. The molecule has 1 heteroatoms. The Kier molecular flexibility index (Phi) is 2.10. The van der Waals surface area contributed by atoms with Gasteiger partial charge in [-0.2, -0.15) is 0 Å². The van der Waals surface area contributed by atoms with E-state index in [1.54, 1.807) is 0 Å². The van der Waals surface area contributed by atoms with E-state index in [1.165, 1.54) is 0 Å². The second kappa shape index (κ2) is 2.88. The molecule has 0 atom stereocenters. The lowest BCUT2D eigenvalue weighted by Crippen LogP contribution is -2.25. The van der Waals surface area contributed by atoms with Crippen LogP contribution in [0.15, 0.2) is 12.2 Å². The van der Waals surface area contributed by atoms with E-state index in [-0.39, 0.29) is 0 Å². The molecule has 1 aliphatic rings. The van der Waals surface area contributed by atoms with Crippen molar-refractivity contribution < 1.29 is 4.74 Å². The van der Waals surface area contributed by atoms with Gasteiger partial charge in [-0.05, 0) is 6.42 Å². The predicted octanol–water partition coefficient (Wildman–Crippen LogP) is 1.60. The second-order valence-electron chi connectivity index (χ2n) is 2.13. The van der Waals surface area contributed by atoms with E-state index in [2.05, 4.69) is 19.1 Å². The monoisotopic (exact) mass is 112 g/mol. The molecule has 0 amide bonds. The largest absolute Gasteiger partial charge is 0.380 e. The molecule has 0 spiro atoms. The normalized spacial score (nSPS) is 21.6.